The molecule has 0 aromatic heterocycles. The van der Waals surface area contributed by atoms with Crippen molar-refractivity contribution in [1.82, 2.24) is 10.2 Å². The quantitative estimate of drug-likeness (QED) is 0.760. The molecule has 0 atom stereocenters. The lowest BCUT2D eigenvalue weighted by Crippen LogP contribution is -2.45. The van der Waals surface area contributed by atoms with Gasteiger partial charge in [0.1, 0.15) is 0 Å². The van der Waals surface area contributed by atoms with E-state index in [4.69, 9.17) is 0 Å². The molecule has 2 nitrogen and oxygen atoms in total. The molecule has 0 aromatic rings. The maximum atomic E-state index is 3.78. The fourth-order valence-corrected chi connectivity index (χ4v) is 2.94. The summed E-state index contributed by atoms with van der Waals surface area (Å²) < 4.78 is 0. The van der Waals surface area contributed by atoms with E-state index in [-0.39, 0.29) is 0 Å². The van der Waals surface area contributed by atoms with E-state index >= 15 is 0 Å². The lowest BCUT2D eigenvalue weighted by molar-refractivity contribution is 0.180. The zero-order valence-electron chi connectivity index (χ0n) is 9.75. The average molecular weight is 208 g/mol. The second kappa shape index (κ2) is 4.42. The Labute approximate surface area is 93.4 Å². The molecule has 1 saturated heterocycles. The third kappa shape index (κ3) is 2.54. The molecule has 2 aliphatic carbocycles. The van der Waals surface area contributed by atoms with E-state index in [0.717, 1.165) is 18.0 Å². The molecule has 1 heterocycles. The van der Waals surface area contributed by atoms with Crippen molar-refractivity contribution < 1.29 is 0 Å². The van der Waals surface area contributed by atoms with Gasteiger partial charge in [0.2, 0.25) is 0 Å². The van der Waals surface area contributed by atoms with Crippen LogP contribution in [0.4, 0.5) is 0 Å². The molecule has 1 N–H and O–H groups in total. The smallest absolute Gasteiger partial charge is 0.00964 e. The highest BCUT2D eigenvalue weighted by atomic mass is 15.2. The second-order valence-corrected chi connectivity index (χ2v) is 5.75. The predicted octanol–water partition coefficient (Wildman–Crippen LogP) is 2.00. The number of hydrogen-bond acceptors (Lipinski definition) is 2. The first-order chi connectivity index (χ1) is 7.42. The first kappa shape index (κ1) is 10.1. The SMILES string of the molecule is C1CC(CNC2CCN(C3CC3)CC2)C1. The van der Waals surface area contributed by atoms with Gasteiger partial charge in [0.05, 0.1) is 0 Å². The topological polar surface area (TPSA) is 15.3 Å². The molecule has 2 saturated carbocycles. The van der Waals surface area contributed by atoms with E-state index in [1.165, 1.54) is 64.6 Å². The van der Waals surface area contributed by atoms with Crippen LogP contribution in [0.2, 0.25) is 0 Å². The number of hydrogen-bond donors (Lipinski definition) is 1. The molecule has 3 rings (SSSR count). The van der Waals surface area contributed by atoms with Crippen LogP contribution in [0.25, 0.3) is 0 Å². The molecule has 0 unspecified atom stereocenters. The Balaban J connectivity index is 1.33. The van der Waals surface area contributed by atoms with Crippen LogP contribution in [-0.4, -0.2) is 36.6 Å². The van der Waals surface area contributed by atoms with Gasteiger partial charge >= 0.3 is 0 Å². The zero-order chi connectivity index (χ0) is 10.1. The lowest BCUT2D eigenvalue weighted by atomic mass is 9.85. The fourth-order valence-electron chi connectivity index (χ4n) is 2.94. The van der Waals surface area contributed by atoms with Gasteiger partial charge in [-0.2, -0.15) is 0 Å². The van der Waals surface area contributed by atoms with Crippen LogP contribution in [0.15, 0.2) is 0 Å². The van der Waals surface area contributed by atoms with E-state index in [1.54, 1.807) is 0 Å². The van der Waals surface area contributed by atoms with Crippen LogP contribution in [0.5, 0.6) is 0 Å². The van der Waals surface area contributed by atoms with Crippen LogP contribution in [0, 0.1) is 5.92 Å². The minimum Gasteiger partial charge on any atom is -0.314 e. The Morgan fingerprint density at radius 2 is 1.67 bits per heavy atom. The van der Waals surface area contributed by atoms with Gasteiger partial charge in [-0.15, -0.1) is 0 Å². The normalized spacial score (nSPS) is 30.4. The maximum Gasteiger partial charge on any atom is 0.00964 e. The summed E-state index contributed by atoms with van der Waals surface area (Å²) in [6.07, 6.45) is 10.2. The van der Waals surface area contributed by atoms with Gasteiger partial charge in [-0.25, -0.2) is 0 Å². The number of nitrogens with zero attached hydrogens (tertiary/aromatic N) is 1. The van der Waals surface area contributed by atoms with Gasteiger partial charge in [0, 0.05) is 12.1 Å². The zero-order valence-corrected chi connectivity index (χ0v) is 9.75. The van der Waals surface area contributed by atoms with Gasteiger partial charge in [-0.05, 0) is 64.1 Å². The molecule has 86 valence electrons. The number of likely N-dealkylation sites (tertiary alicyclic amines) is 1. The Morgan fingerprint density at radius 3 is 2.20 bits per heavy atom. The lowest BCUT2D eigenvalue weighted by Gasteiger charge is -2.34. The van der Waals surface area contributed by atoms with E-state index in [2.05, 4.69) is 10.2 Å². The summed E-state index contributed by atoms with van der Waals surface area (Å²) in [5.74, 6) is 1.02. The number of nitrogens with one attached hydrogen (secondary N) is 1. The third-order valence-corrected chi connectivity index (χ3v) is 4.51. The molecule has 2 heteroatoms. The van der Waals surface area contributed by atoms with Gasteiger partial charge < -0.3 is 10.2 Å². The molecular weight excluding hydrogens is 184 g/mol. The summed E-state index contributed by atoms with van der Waals surface area (Å²) in [5, 5.41) is 3.78. The van der Waals surface area contributed by atoms with Crippen molar-refractivity contribution in [3.63, 3.8) is 0 Å². The standard InChI is InChI=1S/C13H24N2/c1-2-11(3-1)10-14-12-6-8-15(9-7-12)13-4-5-13/h11-14H,1-10H2. The molecule has 3 aliphatic rings. The van der Waals surface area contributed by atoms with Crippen molar-refractivity contribution in [2.75, 3.05) is 19.6 Å². The molecule has 0 spiro atoms. The first-order valence-electron chi connectivity index (χ1n) is 6.89. The van der Waals surface area contributed by atoms with Crippen molar-refractivity contribution in [3.05, 3.63) is 0 Å². The van der Waals surface area contributed by atoms with Crippen molar-refractivity contribution in [2.24, 2.45) is 5.92 Å². The highest BCUT2D eigenvalue weighted by Gasteiger charge is 2.31. The molecule has 3 fully saturated rings. The maximum absolute atomic E-state index is 3.78. The molecule has 0 bridgehead atoms. The van der Waals surface area contributed by atoms with E-state index in [1.807, 2.05) is 0 Å². The van der Waals surface area contributed by atoms with Crippen LogP contribution in [-0.2, 0) is 0 Å². The highest BCUT2D eigenvalue weighted by molar-refractivity contribution is 4.89. The van der Waals surface area contributed by atoms with Crippen LogP contribution in [0.3, 0.4) is 0 Å². The summed E-state index contributed by atoms with van der Waals surface area (Å²) in [6, 6.07) is 1.82. The molecule has 0 amide bonds. The fraction of sp³-hybridized carbons (Fsp3) is 1.00. The highest BCUT2D eigenvalue weighted by Crippen LogP contribution is 2.30. The Morgan fingerprint density at radius 1 is 0.933 bits per heavy atom. The molecule has 0 radical (unpaired) electrons. The third-order valence-electron chi connectivity index (χ3n) is 4.51. The molecule has 0 aromatic carbocycles. The molecule has 15 heavy (non-hydrogen) atoms. The largest absolute Gasteiger partial charge is 0.314 e. The number of piperidine rings is 1. The van der Waals surface area contributed by atoms with Gasteiger partial charge in [-0.1, -0.05) is 6.42 Å². The van der Waals surface area contributed by atoms with Crippen LogP contribution in [0.1, 0.15) is 44.9 Å². The van der Waals surface area contributed by atoms with E-state index in [9.17, 15) is 0 Å². The van der Waals surface area contributed by atoms with E-state index < -0.39 is 0 Å². The summed E-state index contributed by atoms with van der Waals surface area (Å²) in [7, 11) is 0. The first-order valence-corrected chi connectivity index (χ1v) is 6.89. The molecular formula is C13H24N2. The van der Waals surface area contributed by atoms with Crippen LogP contribution < -0.4 is 5.32 Å². The monoisotopic (exact) mass is 208 g/mol. The summed E-state index contributed by atoms with van der Waals surface area (Å²) in [5.41, 5.74) is 0. The average Bonchev–Trinajstić information content (AvgIpc) is 3.00. The van der Waals surface area contributed by atoms with Crippen LogP contribution >= 0.6 is 0 Å². The van der Waals surface area contributed by atoms with Gasteiger partial charge in [0.25, 0.3) is 0 Å². The van der Waals surface area contributed by atoms with Gasteiger partial charge in [-0.3, -0.25) is 0 Å². The minimum atomic E-state index is 0.834. The van der Waals surface area contributed by atoms with Crippen molar-refractivity contribution in [2.45, 2.75) is 57.0 Å². The Kier molecular flexibility index (Phi) is 2.98. The Hall–Kier alpha value is -0.0800. The summed E-state index contributed by atoms with van der Waals surface area (Å²) in [6.45, 7) is 4.01. The summed E-state index contributed by atoms with van der Waals surface area (Å²) >= 11 is 0. The van der Waals surface area contributed by atoms with Crippen molar-refractivity contribution >= 4 is 0 Å². The van der Waals surface area contributed by atoms with Crippen molar-refractivity contribution in [3.8, 4) is 0 Å². The second-order valence-electron chi connectivity index (χ2n) is 5.75. The van der Waals surface area contributed by atoms with E-state index in [0.29, 0.717) is 0 Å². The van der Waals surface area contributed by atoms with Gasteiger partial charge in [0.15, 0.2) is 0 Å². The Bertz CT molecular complexity index is 201. The molecule has 1 aliphatic heterocycles. The summed E-state index contributed by atoms with van der Waals surface area (Å²) in [4.78, 5) is 2.71. The predicted molar refractivity (Wildman–Crippen MR) is 63.0 cm³/mol. The van der Waals surface area contributed by atoms with Crippen molar-refractivity contribution in [1.29, 1.82) is 0 Å². The minimum absolute atomic E-state index is 0.834. The number of rotatable bonds is 4.